The minimum absolute atomic E-state index is 0.0917. The Bertz CT molecular complexity index is 631. The molecule has 1 aliphatic carbocycles. The summed E-state index contributed by atoms with van der Waals surface area (Å²) < 4.78 is 0. The van der Waals surface area contributed by atoms with Gasteiger partial charge in [-0.1, -0.05) is 6.07 Å². The van der Waals surface area contributed by atoms with E-state index >= 15 is 0 Å². The highest BCUT2D eigenvalue weighted by Gasteiger charge is 2.27. The molecule has 1 atom stereocenters. The highest BCUT2D eigenvalue weighted by atomic mass is 17.2. The Morgan fingerprint density at radius 3 is 2.81 bits per heavy atom. The van der Waals surface area contributed by atoms with Gasteiger partial charge >= 0.3 is 6.09 Å². The fraction of sp³-hybridized carbons (Fsp3) is 0.400. The number of aldehydes is 1. The third-order valence-corrected chi connectivity index (χ3v) is 3.94. The van der Waals surface area contributed by atoms with E-state index in [4.69, 9.17) is 9.78 Å². The van der Waals surface area contributed by atoms with Crippen LogP contribution in [0.5, 0.6) is 5.75 Å². The van der Waals surface area contributed by atoms with Gasteiger partial charge in [-0.05, 0) is 36.5 Å². The molecule has 2 aliphatic rings. The van der Waals surface area contributed by atoms with Gasteiger partial charge in [-0.2, -0.15) is 5.26 Å². The Kier molecular flexibility index (Phi) is 3.48. The maximum absolute atomic E-state index is 11.6. The molecule has 1 saturated heterocycles. The van der Waals surface area contributed by atoms with E-state index in [-0.39, 0.29) is 11.7 Å². The lowest BCUT2D eigenvalue weighted by molar-refractivity contribution is -0.157. The summed E-state index contributed by atoms with van der Waals surface area (Å²) in [6.45, 7) is 1.33. The van der Waals surface area contributed by atoms with Crippen LogP contribution in [0.1, 0.15) is 23.1 Å². The molecule has 0 bridgehead atoms. The van der Waals surface area contributed by atoms with E-state index in [0.717, 1.165) is 23.8 Å². The summed E-state index contributed by atoms with van der Waals surface area (Å²) in [5.74, 6) is 0.127. The zero-order valence-electron chi connectivity index (χ0n) is 11.4. The van der Waals surface area contributed by atoms with Crippen molar-refractivity contribution in [2.45, 2.75) is 19.3 Å². The zero-order valence-corrected chi connectivity index (χ0v) is 11.4. The second kappa shape index (κ2) is 5.44. The van der Waals surface area contributed by atoms with Crippen LogP contribution in [-0.2, 0) is 22.5 Å². The molecule has 0 aromatic heterocycles. The minimum atomic E-state index is -0.545. The maximum Gasteiger partial charge on any atom is 0.452 e. The van der Waals surface area contributed by atoms with Crippen LogP contribution >= 0.6 is 0 Å². The van der Waals surface area contributed by atoms with Crippen LogP contribution in [0, 0.1) is 17.2 Å². The fourth-order valence-electron chi connectivity index (χ4n) is 2.63. The highest BCUT2D eigenvalue weighted by Crippen LogP contribution is 2.33. The molecular weight excluding hydrogens is 272 g/mol. The molecule has 0 radical (unpaired) electrons. The molecule has 1 aliphatic heterocycles. The number of carbonyl (C=O) groups excluding carboxylic acids is 2. The molecule has 1 unspecified atom stereocenters. The fourth-order valence-corrected chi connectivity index (χ4v) is 2.63. The molecular formula is C15H14N2O4. The van der Waals surface area contributed by atoms with E-state index in [1.807, 2.05) is 6.07 Å². The summed E-state index contributed by atoms with van der Waals surface area (Å²) in [6, 6.07) is 5.49. The van der Waals surface area contributed by atoms with Gasteiger partial charge in [0.15, 0.2) is 5.75 Å². The lowest BCUT2D eigenvalue weighted by Crippen LogP contribution is -2.42. The second-order valence-electron chi connectivity index (χ2n) is 5.27. The number of hydrogen-bond acceptors (Lipinski definition) is 5. The number of nitriles is 1. The van der Waals surface area contributed by atoms with Crippen molar-refractivity contribution in [2.24, 2.45) is 5.92 Å². The first-order chi connectivity index (χ1) is 10.2. The van der Waals surface area contributed by atoms with Crippen LogP contribution in [0.25, 0.3) is 0 Å². The van der Waals surface area contributed by atoms with Crippen molar-refractivity contribution in [3.8, 4) is 11.8 Å². The average molecular weight is 286 g/mol. The van der Waals surface area contributed by atoms with Gasteiger partial charge in [-0.15, -0.1) is 0 Å². The zero-order chi connectivity index (χ0) is 14.8. The Labute approximate surface area is 121 Å². The number of hydrogen-bond donors (Lipinski definition) is 0. The van der Waals surface area contributed by atoms with Gasteiger partial charge in [0.2, 0.25) is 0 Å². The first kappa shape index (κ1) is 13.4. The van der Waals surface area contributed by atoms with Crippen molar-refractivity contribution in [2.75, 3.05) is 13.1 Å². The number of fused-ring (bicyclic) bond motifs is 1. The third-order valence-electron chi connectivity index (χ3n) is 3.94. The van der Waals surface area contributed by atoms with Gasteiger partial charge in [0.25, 0.3) is 0 Å². The van der Waals surface area contributed by atoms with Crippen LogP contribution in [0.15, 0.2) is 12.1 Å². The highest BCUT2D eigenvalue weighted by molar-refractivity contribution is 5.68. The molecule has 1 heterocycles. The van der Waals surface area contributed by atoms with Crippen LogP contribution < -0.4 is 4.89 Å². The lowest BCUT2D eigenvalue weighted by Gasteiger charge is -2.28. The van der Waals surface area contributed by atoms with Gasteiger partial charge in [0.05, 0.1) is 0 Å². The number of carbonyl (C=O) groups is 2. The number of likely N-dealkylation sites (tertiary alicyclic amines) is 1. The minimum Gasteiger partial charge on any atom is -0.305 e. The van der Waals surface area contributed by atoms with E-state index in [0.29, 0.717) is 31.5 Å². The van der Waals surface area contributed by atoms with E-state index in [1.54, 1.807) is 6.07 Å². The van der Waals surface area contributed by atoms with Crippen LogP contribution in [0.2, 0.25) is 0 Å². The number of amides is 1. The molecule has 1 aromatic rings. The Morgan fingerprint density at radius 1 is 1.38 bits per heavy atom. The van der Waals surface area contributed by atoms with Crippen LogP contribution in [0.4, 0.5) is 4.79 Å². The number of rotatable bonds is 3. The molecule has 6 heteroatoms. The first-order valence-corrected chi connectivity index (χ1v) is 6.86. The first-order valence-electron chi connectivity index (χ1n) is 6.86. The van der Waals surface area contributed by atoms with E-state index < -0.39 is 6.09 Å². The van der Waals surface area contributed by atoms with Crippen molar-refractivity contribution in [1.29, 1.82) is 5.26 Å². The van der Waals surface area contributed by atoms with Crippen molar-refractivity contribution in [1.82, 2.24) is 4.90 Å². The molecule has 21 heavy (non-hydrogen) atoms. The second-order valence-corrected chi connectivity index (χ2v) is 5.27. The normalized spacial score (nSPS) is 19.2. The maximum atomic E-state index is 11.6. The summed E-state index contributed by atoms with van der Waals surface area (Å²) >= 11 is 0. The molecule has 0 saturated carbocycles. The van der Waals surface area contributed by atoms with Crippen molar-refractivity contribution >= 4 is 12.4 Å². The molecule has 0 spiro atoms. The SMILES string of the molecule is N#Cc1c(OOC(=O)N2CCC2)ccc2c1CC(C=O)C2. The van der Waals surface area contributed by atoms with Gasteiger partial charge < -0.3 is 9.69 Å². The summed E-state index contributed by atoms with van der Waals surface area (Å²) in [6.07, 6.45) is 2.49. The predicted octanol–water partition coefficient (Wildman–Crippen LogP) is 1.61. The summed E-state index contributed by atoms with van der Waals surface area (Å²) in [5.41, 5.74) is 2.13. The summed E-state index contributed by atoms with van der Waals surface area (Å²) in [4.78, 5) is 33.8. The quantitative estimate of drug-likeness (QED) is 0.479. The summed E-state index contributed by atoms with van der Waals surface area (Å²) in [7, 11) is 0. The van der Waals surface area contributed by atoms with Crippen molar-refractivity contribution in [3.05, 3.63) is 28.8 Å². The summed E-state index contributed by atoms with van der Waals surface area (Å²) in [5, 5.41) is 9.30. The molecule has 3 rings (SSSR count). The molecule has 1 amide bonds. The Hall–Kier alpha value is -2.55. The van der Waals surface area contributed by atoms with E-state index in [9.17, 15) is 14.9 Å². The number of nitrogens with zero attached hydrogens (tertiary/aromatic N) is 2. The predicted molar refractivity (Wildman–Crippen MR) is 71.4 cm³/mol. The molecule has 108 valence electrons. The average Bonchev–Trinajstić information content (AvgIpc) is 2.85. The smallest absolute Gasteiger partial charge is 0.305 e. The van der Waals surface area contributed by atoms with Crippen molar-refractivity contribution in [3.63, 3.8) is 0 Å². The third kappa shape index (κ3) is 2.42. The Morgan fingerprint density at radius 2 is 2.19 bits per heavy atom. The topological polar surface area (TPSA) is 79.6 Å². The van der Waals surface area contributed by atoms with Gasteiger partial charge in [0.1, 0.15) is 17.9 Å². The molecule has 0 N–H and O–H groups in total. The Balaban J connectivity index is 1.76. The van der Waals surface area contributed by atoms with E-state index in [1.165, 1.54) is 4.90 Å². The lowest BCUT2D eigenvalue weighted by atomic mass is 10.0. The van der Waals surface area contributed by atoms with Crippen LogP contribution in [0.3, 0.4) is 0 Å². The standard InChI is InChI=1S/C15H14N2O4/c16-8-13-12-7-10(9-18)6-11(12)2-3-14(13)20-21-15(19)17-4-1-5-17/h2-3,9-10H,1,4-7H2. The molecule has 1 fully saturated rings. The van der Waals surface area contributed by atoms with Crippen molar-refractivity contribution < 1.29 is 19.4 Å². The van der Waals surface area contributed by atoms with Gasteiger partial charge in [-0.3, -0.25) is 4.89 Å². The van der Waals surface area contributed by atoms with E-state index in [2.05, 4.69) is 6.07 Å². The molecule has 6 nitrogen and oxygen atoms in total. The van der Waals surface area contributed by atoms with Gasteiger partial charge in [0, 0.05) is 19.0 Å². The van der Waals surface area contributed by atoms with Gasteiger partial charge in [-0.25, -0.2) is 9.68 Å². The largest absolute Gasteiger partial charge is 0.452 e. The molecule has 1 aromatic carbocycles. The monoisotopic (exact) mass is 286 g/mol. The number of benzene rings is 1. The van der Waals surface area contributed by atoms with Crippen LogP contribution in [-0.4, -0.2) is 30.4 Å².